The fraction of sp³-hybridized carbons (Fsp3) is 0.308. The number of hydrogen-bond donors (Lipinski definition) is 2. The molecule has 0 saturated carbocycles. The van der Waals surface area contributed by atoms with Crippen LogP contribution in [0.15, 0.2) is 24.7 Å². The number of rotatable bonds is 5. The summed E-state index contributed by atoms with van der Waals surface area (Å²) in [6.07, 6.45) is 4.62. The molecule has 0 aliphatic heterocycles. The van der Waals surface area contributed by atoms with Crippen LogP contribution in [0.1, 0.15) is 23.5 Å². The van der Waals surface area contributed by atoms with E-state index in [1.807, 2.05) is 0 Å². The van der Waals surface area contributed by atoms with E-state index in [0.29, 0.717) is 15.7 Å². The van der Waals surface area contributed by atoms with Crippen molar-refractivity contribution in [2.75, 3.05) is 6.54 Å². The Morgan fingerprint density at radius 1 is 1.29 bits per heavy atom. The molecular formula is C13H14N4O3S. The van der Waals surface area contributed by atoms with Gasteiger partial charge in [-0.1, -0.05) is 0 Å². The predicted molar refractivity (Wildman–Crippen MR) is 76.9 cm³/mol. The van der Waals surface area contributed by atoms with Gasteiger partial charge in [0.1, 0.15) is 4.88 Å². The molecule has 2 N–H and O–H groups in total. The first-order valence-electron chi connectivity index (χ1n) is 6.15. The lowest BCUT2D eigenvalue weighted by Crippen LogP contribution is -2.38. The zero-order valence-electron chi connectivity index (χ0n) is 11.5. The zero-order chi connectivity index (χ0) is 15.5. The van der Waals surface area contributed by atoms with Crippen LogP contribution >= 0.6 is 11.3 Å². The number of amides is 1. The number of carbonyl (C=O) groups is 2. The van der Waals surface area contributed by atoms with E-state index in [2.05, 4.69) is 20.3 Å². The van der Waals surface area contributed by atoms with Crippen LogP contribution in [0, 0.1) is 5.41 Å². The van der Waals surface area contributed by atoms with Crippen molar-refractivity contribution in [3.05, 3.63) is 29.5 Å². The number of carboxylic acids is 1. The van der Waals surface area contributed by atoms with Gasteiger partial charge < -0.3 is 10.4 Å². The Labute approximate surface area is 125 Å². The number of carbonyl (C=O) groups excluding carboxylic acids is 1. The summed E-state index contributed by atoms with van der Waals surface area (Å²) in [5.41, 5.74) is -1.02. The lowest BCUT2D eigenvalue weighted by molar-refractivity contribution is -0.146. The molecule has 0 saturated heterocycles. The fourth-order valence-corrected chi connectivity index (χ4v) is 2.14. The van der Waals surface area contributed by atoms with E-state index < -0.39 is 11.4 Å². The lowest BCUT2D eigenvalue weighted by atomic mass is 9.94. The Balaban J connectivity index is 2.05. The average molecular weight is 306 g/mol. The van der Waals surface area contributed by atoms with E-state index in [-0.39, 0.29) is 12.5 Å². The Hall–Kier alpha value is -2.35. The summed E-state index contributed by atoms with van der Waals surface area (Å²) >= 11 is 1.16. The van der Waals surface area contributed by atoms with Crippen LogP contribution in [0.4, 0.5) is 0 Å². The molecule has 0 spiro atoms. The number of nitrogens with zero attached hydrogens (tertiary/aromatic N) is 3. The summed E-state index contributed by atoms with van der Waals surface area (Å²) in [6, 6.07) is 1.69. The number of aliphatic carboxylic acids is 1. The van der Waals surface area contributed by atoms with Gasteiger partial charge in [-0.25, -0.2) is 15.0 Å². The third-order valence-corrected chi connectivity index (χ3v) is 3.75. The molecule has 2 rings (SSSR count). The quantitative estimate of drug-likeness (QED) is 0.866. The molecule has 0 fully saturated rings. The molecule has 0 bridgehead atoms. The van der Waals surface area contributed by atoms with Gasteiger partial charge in [-0.3, -0.25) is 9.59 Å². The summed E-state index contributed by atoms with van der Waals surface area (Å²) in [5.74, 6) is -0.873. The standard InChI is InChI=1S/C13H14N4O3S/c1-13(2,12(19)20)7-17-10(18)8-6-16-11(21-8)9-14-4-3-5-15-9/h3-6H,7H2,1-2H3,(H,17,18)(H,19,20). The van der Waals surface area contributed by atoms with E-state index >= 15 is 0 Å². The first kappa shape index (κ1) is 15.0. The number of thiazole rings is 1. The molecule has 2 aromatic heterocycles. The second-order valence-corrected chi connectivity index (χ2v) is 6.00. The largest absolute Gasteiger partial charge is 0.481 e. The van der Waals surface area contributed by atoms with Crippen molar-refractivity contribution in [2.45, 2.75) is 13.8 Å². The molecule has 2 aromatic rings. The van der Waals surface area contributed by atoms with Crippen molar-refractivity contribution in [2.24, 2.45) is 5.41 Å². The van der Waals surface area contributed by atoms with Gasteiger partial charge in [-0.15, -0.1) is 11.3 Å². The number of nitrogens with one attached hydrogen (secondary N) is 1. The van der Waals surface area contributed by atoms with Crippen LogP contribution < -0.4 is 5.32 Å². The van der Waals surface area contributed by atoms with Crippen molar-refractivity contribution in [3.63, 3.8) is 0 Å². The maximum atomic E-state index is 12.0. The second-order valence-electron chi connectivity index (χ2n) is 4.97. The Morgan fingerprint density at radius 3 is 2.57 bits per heavy atom. The van der Waals surface area contributed by atoms with Crippen LogP contribution in [-0.2, 0) is 4.79 Å². The van der Waals surface area contributed by atoms with Crippen LogP contribution in [0.2, 0.25) is 0 Å². The topological polar surface area (TPSA) is 105 Å². The predicted octanol–water partition coefficient (Wildman–Crippen LogP) is 1.44. The molecule has 1 amide bonds. The van der Waals surface area contributed by atoms with Crippen molar-refractivity contribution in [1.82, 2.24) is 20.3 Å². The highest BCUT2D eigenvalue weighted by Gasteiger charge is 2.28. The third kappa shape index (κ3) is 3.60. The normalized spacial score (nSPS) is 11.1. The monoisotopic (exact) mass is 306 g/mol. The maximum absolute atomic E-state index is 12.0. The molecule has 0 aromatic carbocycles. The molecule has 21 heavy (non-hydrogen) atoms. The van der Waals surface area contributed by atoms with Crippen molar-refractivity contribution in [1.29, 1.82) is 0 Å². The molecule has 0 aliphatic carbocycles. The summed E-state index contributed by atoms with van der Waals surface area (Å²) in [6.45, 7) is 3.13. The van der Waals surface area contributed by atoms with Crippen LogP contribution in [0.25, 0.3) is 10.8 Å². The minimum absolute atomic E-state index is 0.0379. The maximum Gasteiger partial charge on any atom is 0.310 e. The van der Waals surface area contributed by atoms with Gasteiger partial charge in [-0.2, -0.15) is 0 Å². The van der Waals surface area contributed by atoms with E-state index in [4.69, 9.17) is 5.11 Å². The second kappa shape index (κ2) is 5.96. The molecule has 0 atom stereocenters. The zero-order valence-corrected chi connectivity index (χ0v) is 12.3. The summed E-state index contributed by atoms with van der Waals surface area (Å²) in [7, 11) is 0. The minimum atomic E-state index is -1.02. The number of hydrogen-bond acceptors (Lipinski definition) is 6. The van der Waals surface area contributed by atoms with Gasteiger partial charge in [0.05, 0.1) is 11.6 Å². The molecular weight excluding hydrogens is 292 g/mol. The highest BCUT2D eigenvalue weighted by molar-refractivity contribution is 7.16. The number of carboxylic acid groups (broad SMARTS) is 1. The van der Waals surface area contributed by atoms with Gasteiger partial charge >= 0.3 is 5.97 Å². The molecule has 110 valence electrons. The number of aromatic nitrogens is 3. The average Bonchev–Trinajstić information content (AvgIpc) is 2.95. The van der Waals surface area contributed by atoms with Gasteiger partial charge in [0.2, 0.25) is 0 Å². The van der Waals surface area contributed by atoms with E-state index in [1.54, 1.807) is 32.3 Å². The molecule has 0 aliphatic rings. The molecule has 0 unspecified atom stereocenters. The SMILES string of the molecule is CC(C)(CNC(=O)c1cnc(-c2ncccn2)s1)C(=O)O. The van der Waals surface area contributed by atoms with E-state index in [1.165, 1.54) is 6.20 Å². The van der Waals surface area contributed by atoms with Crippen LogP contribution in [-0.4, -0.2) is 38.5 Å². The minimum Gasteiger partial charge on any atom is -0.481 e. The summed E-state index contributed by atoms with van der Waals surface area (Å²) in [4.78, 5) is 35.6. The Bertz CT molecular complexity index is 654. The molecule has 7 nitrogen and oxygen atoms in total. The first-order chi connectivity index (χ1) is 9.90. The van der Waals surface area contributed by atoms with Gasteiger partial charge in [0, 0.05) is 18.9 Å². The highest BCUT2D eigenvalue weighted by Crippen LogP contribution is 2.21. The van der Waals surface area contributed by atoms with E-state index in [0.717, 1.165) is 11.3 Å². The third-order valence-electron chi connectivity index (χ3n) is 2.76. The Morgan fingerprint density at radius 2 is 1.95 bits per heavy atom. The molecule has 2 heterocycles. The van der Waals surface area contributed by atoms with Crippen LogP contribution in [0.3, 0.4) is 0 Å². The molecule has 8 heteroatoms. The smallest absolute Gasteiger partial charge is 0.310 e. The lowest BCUT2D eigenvalue weighted by Gasteiger charge is -2.18. The van der Waals surface area contributed by atoms with Crippen molar-refractivity contribution >= 4 is 23.2 Å². The van der Waals surface area contributed by atoms with Crippen molar-refractivity contribution < 1.29 is 14.7 Å². The first-order valence-corrected chi connectivity index (χ1v) is 6.96. The van der Waals surface area contributed by atoms with Gasteiger partial charge in [-0.05, 0) is 19.9 Å². The van der Waals surface area contributed by atoms with E-state index in [9.17, 15) is 9.59 Å². The Kier molecular flexibility index (Phi) is 4.27. The highest BCUT2D eigenvalue weighted by atomic mass is 32.1. The van der Waals surface area contributed by atoms with Crippen LogP contribution in [0.5, 0.6) is 0 Å². The van der Waals surface area contributed by atoms with Gasteiger partial charge in [0.25, 0.3) is 5.91 Å². The summed E-state index contributed by atoms with van der Waals surface area (Å²) in [5, 5.41) is 12.1. The molecule has 0 radical (unpaired) electrons. The van der Waals surface area contributed by atoms with Gasteiger partial charge in [0.15, 0.2) is 10.8 Å². The van der Waals surface area contributed by atoms with Crippen molar-refractivity contribution in [3.8, 4) is 10.8 Å². The summed E-state index contributed by atoms with van der Waals surface area (Å²) < 4.78 is 0. The fourth-order valence-electron chi connectivity index (χ4n) is 1.36.